The van der Waals surface area contributed by atoms with E-state index in [4.69, 9.17) is 9.47 Å². The number of urea groups is 1. The third kappa shape index (κ3) is 10.2. The van der Waals surface area contributed by atoms with Gasteiger partial charge in [0, 0.05) is 37.1 Å². The summed E-state index contributed by atoms with van der Waals surface area (Å²) in [7, 11) is 0. The number of benzene rings is 3. The molecular formula is C29H32F2N2O5S. The van der Waals surface area contributed by atoms with E-state index in [9.17, 15) is 23.5 Å². The molecule has 0 aliphatic rings. The van der Waals surface area contributed by atoms with Gasteiger partial charge >= 0.3 is 12.0 Å². The lowest BCUT2D eigenvalue weighted by Gasteiger charge is -2.23. The van der Waals surface area contributed by atoms with Crippen molar-refractivity contribution in [3.8, 4) is 5.75 Å². The second-order valence-corrected chi connectivity index (χ2v) is 9.66. The lowest BCUT2D eigenvalue weighted by molar-refractivity contribution is -0.149. The van der Waals surface area contributed by atoms with Crippen LogP contribution in [0, 0.1) is 11.6 Å². The highest BCUT2D eigenvalue weighted by Gasteiger charge is 2.18. The quantitative estimate of drug-likeness (QED) is 0.228. The first-order chi connectivity index (χ1) is 18.9. The van der Waals surface area contributed by atoms with E-state index in [1.807, 2.05) is 30.3 Å². The molecule has 208 valence electrons. The van der Waals surface area contributed by atoms with Gasteiger partial charge < -0.3 is 24.8 Å². The van der Waals surface area contributed by atoms with E-state index in [0.717, 1.165) is 23.4 Å². The maximum Gasteiger partial charge on any atom is 0.333 e. The van der Waals surface area contributed by atoms with Crippen molar-refractivity contribution in [2.24, 2.45) is 0 Å². The molecule has 7 nitrogen and oxygen atoms in total. The Morgan fingerprint density at radius 3 is 2.41 bits per heavy atom. The SMILES string of the molecule is CCOC(Cc1ccc(OCCN(CCSCc2ccccc2)C(=O)Nc2ccc(F)cc2F)cc1)C(=O)O. The van der Waals surface area contributed by atoms with E-state index in [1.54, 1.807) is 43.0 Å². The average Bonchev–Trinajstić information content (AvgIpc) is 2.92. The molecule has 3 aromatic rings. The fourth-order valence-corrected chi connectivity index (χ4v) is 4.59. The van der Waals surface area contributed by atoms with Crippen LogP contribution < -0.4 is 10.1 Å². The molecule has 2 amide bonds. The number of ether oxygens (including phenoxy) is 2. The zero-order valence-corrected chi connectivity index (χ0v) is 22.5. The molecule has 0 saturated carbocycles. The van der Waals surface area contributed by atoms with Gasteiger partial charge in [-0.05, 0) is 42.3 Å². The summed E-state index contributed by atoms with van der Waals surface area (Å²) in [5, 5.41) is 11.8. The van der Waals surface area contributed by atoms with Crippen molar-refractivity contribution in [2.45, 2.75) is 25.2 Å². The van der Waals surface area contributed by atoms with Crippen molar-refractivity contribution in [1.82, 2.24) is 4.90 Å². The third-order valence-corrected chi connectivity index (χ3v) is 6.70. The number of thioether (sulfide) groups is 1. The van der Waals surface area contributed by atoms with E-state index < -0.39 is 29.7 Å². The fourth-order valence-electron chi connectivity index (χ4n) is 3.67. The van der Waals surface area contributed by atoms with Gasteiger partial charge in [0.1, 0.15) is 24.0 Å². The molecule has 0 radical (unpaired) electrons. The zero-order chi connectivity index (χ0) is 28.0. The molecular weight excluding hydrogens is 526 g/mol. The molecule has 0 fully saturated rings. The summed E-state index contributed by atoms with van der Waals surface area (Å²) in [5.41, 5.74) is 1.86. The number of nitrogens with one attached hydrogen (secondary N) is 1. The molecule has 1 unspecified atom stereocenters. The number of amides is 2. The monoisotopic (exact) mass is 558 g/mol. The van der Waals surface area contributed by atoms with Gasteiger partial charge in [0.25, 0.3) is 0 Å². The molecule has 0 aliphatic heterocycles. The molecule has 0 bridgehead atoms. The summed E-state index contributed by atoms with van der Waals surface area (Å²) in [6.45, 7) is 2.85. The lowest BCUT2D eigenvalue weighted by atomic mass is 10.1. The molecule has 3 rings (SSSR count). The van der Waals surface area contributed by atoms with Gasteiger partial charge in [-0.2, -0.15) is 11.8 Å². The number of hydrogen-bond donors (Lipinski definition) is 2. The number of carboxylic acids is 1. The number of carbonyl (C=O) groups is 2. The maximum absolute atomic E-state index is 14.1. The van der Waals surface area contributed by atoms with Crippen molar-refractivity contribution in [1.29, 1.82) is 0 Å². The Labute approximate surface area is 231 Å². The molecule has 39 heavy (non-hydrogen) atoms. The highest BCUT2D eigenvalue weighted by Crippen LogP contribution is 2.18. The van der Waals surface area contributed by atoms with Gasteiger partial charge in [0.2, 0.25) is 0 Å². The summed E-state index contributed by atoms with van der Waals surface area (Å²) < 4.78 is 38.4. The molecule has 0 aromatic heterocycles. The van der Waals surface area contributed by atoms with Gasteiger partial charge in [-0.1, -0.05) is 42.5 Å². The standard InChI is InChI=1S/C29H32F2N2O5S/c1-2-37-27(28(34)35)18-21-8-11-24(12-9-21)38-16-14-33(15-17-39-20-22-6-4-3-5-7-22)29(36)32-26-13-10-23(30)19-25(26)31/h3-13,19,27H,2,14-18,20H2,1H3,(H,32,36)(H,34,35). The van der Waals surface area contributed by atoms with Crippen LogP contribution in [0.3, 0.4) is 0 Å². The first kappa shape index (κ1) is 29.9. The van der Waals surface area contributed by atoms with Crippen LogP contribution in [-0.2, 0) is 21.7 Å². The second kappa shape index (κ2) is 15.7. The lowest BCUT2D eigenvalue weighted by Crippen LogP contribution is -2.39. The van der Waals surface area contributed by atoms with E-state index >= 15 is 0 Å². The average molecular weight is 559 g/mol. The predicted octanol–water partition coefficient (Wildman–Crippen LogP) is 5.84. The first-order valence-corrected chi connectivity index (χ1v) is 13.7. The first-order valence-electron chi connectivity index (χ1n) is 12.5. The molecule has 0 saturated heterocycles. The van der Waals surface area contributed by atoms with Gasteiger partial charge in [0.15, 0.2) is 6.10 Å². The van der Waals surface area contributed by atoms with Crippen molar-refractivity contribution < 1.29 is 33.0 Å². The minimum atomic E-state index is -1.02. The van der Waals surface area contributed by atoms with E-state index in [2.05, 4.69) is 5.32 Å². The van der Waals surface area contributed by atoms with Crippen LogP contribution in [0.5, 0.6) is 5.75 Å². The molecule has 10 heteroatoms. The molecule has 1 atom stereocenters. The zero-order valence-electron chi connectivity index (χ0n) is 21.6. The Kier molecular flexibility index (Phi) is 12.0. The van der Waals surface area contributed by atoms with Crippen LogP contribution in [0.1, 0.15) is 18.1 Å². The maximum atomic E-state index is 14.1. The fraction of sp³-hybridized carbons (Fsp3) is 0.310. The Morgan fingerprint density at radius 2 is 1.74 bits per heavy atom. The summed E-state index contributed by atoms with van der Waals surface area (Å²) in [6, 6.07) is 19.4. The van der Waals surface area contributed by atoms with Crippen molar-refractivity contribution >= 4 is 29.4 Å². The highest BCUT2D eigenvalue weighted by atomic mass is 32.2. The van der Waals surface area contributed by atoms with Crippen LogP contribution in [0.2, 0.25) is 0 Å². The van der Waals surface area contributed by atoms with Crippen molar-refractivity contribution in [3.63, 3.8) is 0 Å². The predicted molar refractivity (Wildman–Crippen MR) is 148 cm³/mol. The third-order valence-electron chi connectivity index (χ3n) is 5.69. The Hall–Kier alpha value is -3.63. The number of halogens is 2. The summed E-state index contributed by atoms with van der Waals surface area (Å²) >= 11 is 1.67. The Bertz CT molecular complexity index is 1200. The van der Waals surface area contributed by atoms with E-state index in [1.165, 1.54) is 16.5 Å². The Morgan fingerprint density at radius 1 is 1.00 bits per heavy atom. The molecule has 2 N–H and O–H groups in total. The van der Waals surface area contributed by atoms with Gasteiger partial charge in [-0.3, -0.25) is 0 Å². The molecule has 0 spiro atoms. The van der Waals surface area contributed by atoms with Gasteiger partial charge in [-0.25, -0.2) is 18.4 Å². The molecule has 0 heterocycles. The minimum Gasteiger partial charge on any atom is -0.492 e. The van der Waals surface area contributed by atoms with E-state index in [-0.39, 0.29) is 25.3 Å². The Balaban J connectivity index is 1.56. The van der Waals surface area contributed by atoms with Gasteiger partial charge in [0.05, 0.1) is 12.2 Å². The van der Waals surface area contributed by atoms with Crippen LogP contribution in [0.25, 0.3) is 0 Å². The number of nitrogens with zero attached hydrogens (tertiary/aromatic N) is 1. The number of rotatable bonds is 15. The van der Waals surface area contributed by atoms with E-state index in [0.29, 0.717) is 24.7 Å². The normalized spacial score (nSPS) is 11.6. The van der Waals surface area contributed by atoms with Crippen LogP contribution in [0.4, 0.5) is 19.3 Å². The van der Waals surface area contributed by atoms with Crippen LogP contribution >= 0.6 is 11.8 Å². The number of carboxylic acid groups (broad SMARTS) is 1. The number of hydrogen-bond acceptors (Lipinski definition) is 5. The highest BCUT2D eigenvalue weighted by molar-refractivity contribution is 7.98. The smallest absolute Gasteiger partial charge is 0.333 e. The van der Waals surface area contributed by atoms with Crippen LogP contribution in [-0.4, -0.2) is 60.2 Å². The largest absolute Gasteiger partial charge is 0.492 e. The summed E-state index contributed by atoms with van der Waals surface area (Å²) in [6.07, 6.45) is -0.683. The number of anilines is 1. The topological polar surface area (TPSA) is 88.1 Å². The van der Waals surface area contributed by atoms with Crippen molar-refractivity contribution in [3.05, 3.63) is 95.6 Å². The van der Waals surface area contributed by atoms with Crippen molar-refractivity contribution in [2.75, 3.05) is 37.4 Å². The second-order valence-electron chi connectivity index (χ2n) is 8.56. The molecule has 3 aromatic carbocycles. The minimum absolute atomic E-state index is 0.105. The summed E-state index contributed by atoms with van der Waals surface area (Å²) in [5.74, 6) is -0.600. The summed E-state index contributed by atoms with van der Waals surface area (Å²) in [4.78, 5) is 25.8. The van der Waals surface area contributed by atoms with Gasteiger partial charge in [-0.15, -0.1) is 0 Å². The number of aliphatic carboxylic acids is 1. The number of carbonyl (C=O) groups excluding carboxylic acids is 1. The molecule has 0 aliphatic carbocycles. The van der Waals surface area contributed by atoms with Crippen LogP contribution in [0.15, 0.2) is 72.8 Å².